The topological polar surface area (TPSA) is 95.9 Å². The summed E-state index contributed by atoms with van der Waals surface area (Å²) >= 11 is 0. The van der Waals surface area contributed by atoms with Crippen LogP contribution in [0.15, 0.2) is 36.5 Å². The molecule has 70 heavy (non-hydrogen) atoms. The molecule has 0 aromatic heterocycles. The maximum absolute atomic E-state index is 12.4. The van der Waals surface area contributed by atoms with Crippen molar-refractivity contribution in [2.75, 3.05) is 13.2 Å². The molecular formula is C64H121NO5. The first-order valence-electron chi connectivity index (χ1n) is 31.3. The Kier molecular flexibility index (Phi) is 58.0. The van der Waals surface area contributed by atoms with E-state index in [0.29, 0.717) is 19.4 Å². The summed E-state index contributed by atoms with van der Waals surface area (Å²) < 4.78 is 5.47. The van der Waals surface area contributed by atoms with E-state index in [4.69, 9.17) is 4.74 Å². The number of esters is 1. The first kappa shape index (κ1) is 68.1. The first-order chi connectivity index (χ1) is 34.5. The Bertz CT molecular complexity index is 1130. The lowest BCUT2D eigenvalue weighted by molar-refractivity contribution is -0.143. The lowest BCUT2D eigenvalue weighted by Gasteiger charge is -2.20. The Labute approximate surface area is 436 Å². The molecule has 0 aromatic carbocycles. The number of amides is 1. The number of hydrogen-bond acceptors (Lipinski definition) is 5. The largest absolute Gasteiger partial charge is 0.466 e. The van der Waals surface area contributed by atoms with Gasteiger partial charge in [0.05, 0.1) is 25.4 Å². The Morgan fingerprint density at radius 3 is 1.03 bits per heavy atom. The number of aliphatic hydroxyl groups is 2. The second-order valence-electron chi connectivity index (χ2n) is 21.4. The van der Waals surface area contributed by atoms with Crippen molar-refractivity contribution in [1.82, 2.24) is 5.32 Å². The van der Waals surface area contributed by atoms with Gasteiger partial charge in [0.1, 0.15) is 0 Å². The number of aliphatic hydroxyl groups excluding tert-OH is 2. The molecule has 0 saturated carbocycles. The predicted octanol–water partition coefficient (Wildman–Crippen LogP) is 19.6. The molecule has 0 saturated heterocycles. The van der Waals surface area contributed by atoms with Crippen LogP contribution in [-0.4, -0.2) is 47.4 Å². The van der Waals surface area contributed by atoms with Crippen LogP contribution in [0.3, 0.4) is 0 Å². The quantitative estimate of drug-likeness (QED) is 0.0321. The number of ether oxygens (including phenoxy) is 1. The highest BCUT2D eigenvalue weighted by Gasteiger charge is 2.18. The van der Waals surface area contributed by atoms with Gasteiger partial charge in [0.2, 0.25) is 5.91 Å². The van der Waals surface area contributed by atoms with E-state index in [-0.39, 0.29) is 18.5 Å². The monoisotopic (exact) mass is 984 g/mol. The van der Waals surface area contributed by atoms with Gasteiger partial charge in [0.25, 0.3) is 0 Å². The van der Waals surface area contributed by atoms with E-state index in [2.05, 4.69) is 43.5 Å². The Hall–Kier alpha value is -1.92. The summed E-state index contributed by atoms with van der Waals surface area (Å²) in [6.45, 7) is 4.87. The van der Waals surface area contributed by atoms with Crippen molar-refractivity contribution in [3.8, 4) is 0 Å². The molecule has 6 nitrogen and oxygen atoms in total. The van der Waals surface area contributed by atoms with E-state index in [9.17, 15) is 19.8 Å². The zero-order valence-corrected chi connectivity index (χ0v) is 47.0. The minimum atomic E-state index is -0.840. The van der Waals surface area contributed by atoms with Gasteiger partial charge in [-0.2, -0.15) is 0 Å². The standard InChI is InChI=1S/C64H121NO5/c1-3-5-7-9-11-13-14-34-38-42-46-50-54-58-64(69)70-59-55-51-47-43-39-36-33-31-29-27-25-23-21-19-17-15-16-18-20-22-24-26-28-30-32-35-37-41-45-49-53-57-63(68)65-61(60-66)62(67)56-52-48-44-40-12-10-8-6-4-2/h13-14,17,19,52,56,61-62,66-67H,3-12,15-16,18,20-51,53-55,57-60H2,1-2H3,(H,65,68)/b14-13-,19-17-,56-52+. The van der Waals surface area contributed by atoms with E-state index in [1.807, 2.05) is 6.08 Å². The fourth-order valence-corrected chi connectivity index (χ4v) is 9.57. The molecule has 0 rings (SSSR count). The molecule has 412 valence electrons. The van der Waals surface area contributed by atoms with Crippen LogP contribution in [0.4, 0.5) is 0 Å². The first-order valence-corrected chi connectivity index (χ1v) is 31.3. The highest BCUT2D eigenvalue weighted by atomic mass is 16.5. The van der Waals surface area contributed by atoms with Crippen LogP contribution < -0.4 is 5.32 Å². The third-order valence-electron chi connectivity index (χ3n) is 14.4. The van der Waals surface area contributed by atoms with Crippen LogP contribution in [0.5, 0.6) is 0 Å². The van der Waals surface area contributed by atoms with Crippen LogP contribution in [0.1, 0.15) is 335 Å². The van der Waals surface area contributed by atoms with Crippen molar-refractivity contribution in [3.63, 3.8) is 0 Å². The lowest BCUT2D eigenvalue weighted by atomic mass is 10.0. The van der Waals surface area contributed by atoms with Crippen molar-refractivity contribution in [2.24, 2.45) is 0 Å². The van der Waals surface area contributed by atoms with Crippen molar-refractivity contribution in [2.45, 2.75) is 347 Å². The third-order valence-corrected chi connectivity index (χ3v) is 14.4. The predicted molar refractivity (Wildman–Crippen MR) is 306 cm³/mol. The van der Waals surface area contributed by atoms with Crippen molar-refractivity contribution in [3.05, 3.63) is 36.5 Å². The smallest absolute Gasteiger partial charge is 0.305 e. The van der Waals surface area contributed by atoms with E-state index in [0.717, 1.165) is 44.9 Å². The number of nitrogens with one attached hydrogen (secondary N) is 1. The molecular weight excluding hydrogens is 863 g/mol. The molecule has 6 heteroatoms. The second-order valence-corrected chi connectivity index (χ2v) is 21.4. The molecule has 0 aliphatic carbocycles. The fourth-order valence-electron chi connectivity index (χ4n) is 9.57. The number of rotatable bonds is 58. The fraction of sp³-hybridized carbons (Fsp3) is 0.875. The van der Waals surface area contributed by atoms with Crippen molar-refractivity contribution in [1.29, 1.82) is 0 Å². The maximum Gasteiger partial charge on any atom is 0.305 e. The van der Waals surface area contributed by atoms with Gasteiger partial charge in [-0.25, -0.2) is 0 Å². The Balaban J connectivity index is 3.34. The van der Waals surface area contributed by atoms with Gasteiger partial charge in [-0.05, 0) is 83.5 Å². The van der Waals surface area contributed by atoms with Crippen LogP contribution >= 0.6 is 0 Å². The zero-order valence-electron chi connectivity index (χ0n) is 47.0. The van der Waals surface area contributed by atoms with E-state index in [1.165, 1.54) is 263 Å². The average molecular weight is 985 g/mol. The lowest BCUT2D eigenvalue weighted by Crippen LogP contribution is -2.45. The van der Waals surface area contributed by atoms with Crippen molar-refractivity contribution >= 4 is 11.9 Å². The second kappa shape index (κ2) is 59.6. The molecule has 0 fully saturated rings. The van der Waals surface area contributed by atoms with Gasteiger partial charge in [-0.3, -0.25) is 9.59 Å². The summed E-state index contributed by atoms with van der Waals surface area (Å²) in [5.74, 6) is -0.0602. The van der Waals surface area contributed by atoms with Crippen LogP contribution in [0.2, 0.25) is 0 Å². The van der Waals surface area contributed by atoms with E-state index >= 15 is 0 Å². The summed E-state index contributed by atoms with van der Waals surface area (Å²) in [5.41, 5.74) is 0. The third kappa shape index (κ3) is 55.4. The number of carbonyl (C=O) groups excluding carboxylic acids is 2. The van der Waals surface area contributed by atoms with Crippen molar-refractivity contribution < 1.29 is 24.5 Å². The number of carbonyl (C=O) groups is 2. The van der Waals surface area contributed by atoms with Crippen LogP contribution in [-0.2, 0) is 14.3 Å². The number of allylic oxidation sites excluding steroid dienone is 5. The summed E-state index contributed by atoms with van der Waals surface area (Å²) in [7, 11) is 0. The molecule has 0 aliphatic rings. The van der Waals surface area contributed by atoms with Gasteiger partial charge in [-0.15, -0.1) is 0 Å². The van der Waals surface area contributed by atoms with Gasteiger partial charge in [0.15, 0.2) is 0 Å². The molecule has 2 atom stereocenters. The molecule has 0 radical (unpaired) electrons. The van der Waals surface area contributed by atoms with Gasteiger partial charge >= 0.3 is 5.97 Å². The molecule has 0 aromatic rings. The highest BCUT2D eigenvalue weighted by molar-refractivity contribution is 5.76. The number of hydrogen-bond donors (Lipinski definition) is 3. The molecule has 0 spiro atoms. The summed E-state index contributed by atoms with van der Waals surface area (Å²) in [5, 5.41) is 22.9. The highest BCUT2D eigenvalue weighted by Crippen LogP contribution is 2.17. The molecule has 0 aliphatic heterocycles. The molecule has 0 bridgehead atoms. The minimum absolute atomic E-state index is 0.00787. The molecule has 1 amide bonds. The maximum atomic E-state index is 12.4. The number of unbranched alkanes of at least 4 members (excludes halogenated alkanes) is 43. The molecule has 0 heterocycles. The van der Waals surface area contributed by atoms with Gasteiger partial charge < -0.3 is 20.3 Å². The van der Waals surface area contributed by atoms with Crippen LogP contribution in [0, 0.1) is 0 Å². The summed E-state index contributed by atoms with van der Waals surface area (Å²) in [4.78, 5) is 24.4. The minimum Gasteiger partial charge on any atom is -0.466 e. The van der Waals surface area contributed by atoms with Gasteiger partial charge in [-0.1, -0.05) is 275 Å². The molecule has 2 unspecified atom stereocenters. The van der Waals surface area contributed by atoms with E-state index < -0.39 is 12.1 Å². The van der Waals surface area contributed by atoms with E-state index in [1.54, 1.807) is 6.08 Å². The Morgan fingerprint density at radius 1 is 0.386 bits per heavy atom. The van der Waals surface area contributed by atoms with Gasteiger partial charge in [0, 0.05) is 12.8 Å². The van der Waals surface area contributed by atoms with Crippen LogP contribution in [0.25, 0.3) is 0 Å². The summed E-state index contributed by atoms with van der Waals surface area (Å²) in [6.07, 6.45) is 75.0. The normalized spacial score (nSPS) is 12.8. The molecule has 3 N–H and O–H groups in total. The summed E-state index contributed by atoms with van der Waals surface area (Å²) in [6, 6.07) is -0.624. The average Bonchev–Trinajstić information content (AvgIpc) is 3.36. The SMILES string of the molecule is CCCCCC/C=C\CCCCCCCC(=O)OCCCCCCCCCCCCCC/C=C\CCCCCCCCCCCCCCCCCC(=O)NC(CO)C(O)/C=C/CCCCCCCCC. The Morgan fingerprint density at radius 2 is 0.671 bits per heavy atom. The zero-order chi connectivity index (χ0) is 50.7.